The molecule has 0 radical (unpaired) electrons. The molecule has 3 heterocycles. The summed E-state index contributed by atoms with van der Waals surface area (Å²) in [6, 6.07) is 6.93. The third-order valence-corrected chi connectivity index (χ3v) is 4.50. The summed E-state index contributed by atoms with van der Waals surface area (Å²) in [7, 11) is 0. The van der Waals surface area contributed by atoms with E-state index in [2.05, 4.69) is 20.9 Å². The van der Waals surface area contributed by atoms with Crippen LogP contribution in [0.5, 0.6) is 0 Å². The van der Waals surface area contributed by atoms with Gasteiger partial charge in [0.2, 0.25) is 0 Å². The molecular formula is C19H20N6O2. The predicted molar refractivity (Wildman–Crippen MR) is 99.1 cm³/mol. The Kier molecular flexibility index (Phi) is 4.31. The van der Waals surface area contributed by atoms with Crippen molar-refractivity contribution in [2.24, 2.45) is 0 Å². The average Bonchev–Trinajstić information content (AvgIpc) is 3.44. The first-order valence-electron chi connectivity index (χ1n) is 8.94. The molecule has 1 saturated carbocycles. The van der Waals surface area contributed by atoms with Crippen LogP contribution in [0.4, 0.5) is 0 Å². The van der Waals surface area contributed by atoms with E-state index in [-0.39, 0.29) is 11.7 Å². The van der Waals surface area contributed by atoms with Crippen LogP contribution in [0.1, 0.15) is 65.2 Å². The van der Waals surface area contributed by atoms with Crippen LogP contribution in [0, 0.1) is 0 Å². The largest absolute Gasteiger partial charge is 0.288 e. The zero-order valence-electron chi connectivity index (χ0n) is 15.1. The molecule has 0 aliphatic heterocycles. The Morgan fingerprint density at radius 3 is 2.63 bits per heavy atom. The fourth-order valence-electron chi connectivity index (χ4n) is 2.93. The van der Waals surface area contributed by atoms with Crippen LogP contribution < -0.4 is 10.9 Å². The maximum Gasteiger partial charge on any atom is 0.288 e. The number of pyridine rings is 2. The Morgan fingerprint density at radius 2 is 1.96 bits per heavy atom. The number of carbonyl (C=O) groups is 2. The summed E-state index contributed by atoms with van der Waals surface area (Å²) in [6.45, 7) is 4.04. The normalized spacial score (nSPS) is 13.7. The van der Waals surface area contributed by atoms with Crippen molar-refractivity contribution in [1.82, 2.24) is 30.6 Å². The topological polar surface area (TPSA) is 102 Å². The number of nitrogens with one attached hydrogen (secondary N) is 2. The summed E-state index contributed by atoms with van der Waals surface area (Å²) in [4.78, 5) is 33.6. The van der Waals surface area contributed by atoms with E-state index in [1.54, 1.807) is 30.5 Å². The van der Waals surface area contributed by atoms with Crippen LogP contribution in [-0.2, 0) is 0 Å². The van der Waals surface area contributed by atoms with Gasteiger partial charge in [0, 0.05) is 23.9 Å². The standard InChI is InChI=1S/C19H20N6O2/c1-11(2)25-17-14(10-21-25)13(9-16(22-17)12-6-7-12)18(26)23-24-19(27)15-5-3-4-8-20-15/h3-5,8-12H,6-7H2,1-2H3,(H,23,26)(H,24,27). The van der Waals surface area contributed by atoms with Crippen LogP contribution in [0.15, 0.2) is 36.7 Å². The highest BCUT2D eigenvalue weighted by Crippen LogP contribution is 2.40. The van der Waals surface area contributed by atoms with Gasteiger partial charge >= 0.3 is 0 Å². The van der Waals surface area contributed by atoms with Crippen molar-refractivity contribution in [3.8, 4) is 0 Å². The summed E-state index contributed by atoms with van der Waals surface area (Å²) in [6.07, 6.45) is 5.32. The summed E-state index contributed by atoms with van der Waals surface area (Å²) < 4.78 is 1.81. The molecule has 3 aromatic heterocycles. The maximum absolute atomic E-state index is 12.8. The first kappa shape index (κ1) is 17.1. The maximum atomic E-state index is 12.8. The third kappa shape index (κ3) is 3.38. The van der Waals surface area contributed by atoms with Gasteiger partial charge in [-0.25, -0.2) is 9.67 Å². The number of hydrogen-bond donors (Lipinski definition) is 2. The Hall–Kier alpha value is -3.29. The van der Waals surface area contributed by atoms with Gasteiger partial charge < -0.3 is 0 Å². The van der Waals surface area contributed by atoms with Crippen molar-refractivity contribution < 1.29 is 9.59 Å². The second-order valence-corrected chi connectivity index (χ2v) is 6.91. The van der Waals surface area contributed by atoms with Gasteiger partial charge in [0.1, 0.15) is 5.69 Å². The van der Waals surface area contributed by atoms with Gasteiger partial charge in [-0.05, 0) is 44.9 Å². The molecule has 8 nitrogen and oxygen atoms in total. The minimum absolute atomic E-state index is 0.129. The van der Waals surface area contributed by atoms with Gasteiger partial charge in [0.05, 0.1) is 17.1 Å². The molecule has 0 saturated heterocycles. The first-order chi connectivity index (χ1) is 13.0. The van der Waals surface area contributed by atoms with E-state index in [1.165, 1.54) is 6.20 Å². The molecule has 2 N–H and O–H groups in total. The molecule has 4 rings (SSSR count). The smallest absolute Gasteiger partial charge is 0.267 e. The molecule has 8 heteroatoms. The Morgan fingerprint density at radius 1 is 1.19 bits per heavy atom. The van der Waals surface area contributed by atoms with E-state index in [0.717, 1.165) is 18.5 Å². The predicted octanol–water partition coefficient (Wildman–Crippen LogP) is 2.36. The number of fused-ring (bicyclic) bond motifs is 1. The molecule has 1 fully saturated rings. The minimum Gasteiger partial charge on any atom is -0.267 e. The van der Waals surface area contributed by atoms with E-state index >= 15 is 0 Å². The monoisotopic (exact) mass is 364 g/mol. The molecule has 138 valence electrons. The van der Waals surface area contributed by atoms with E-state index in [9.17, 15) is 9.59 Å². The third-order valence-electron chi connectivity index (χ3n) is 4.50. The van der Waals surface area contributed by atoms with Gasteiger partial charge in [0.15, 0.2) is 5.65 Å². The molecule has 0 aromatic carbocycles. The lowest BCUT2D eigenvalue weighted by atomic mass is 10.1. The number of hydrazine groups is 1. The number of nitrogens with zero attached hydrogens (tertiary/aromatic N) is 4. The second-order valence-electron chi connectivity index (χ2n) is 6.91. The highest BCUT2D eigenvalue weighted by Gasteiger charge is 2.28. The fraction of sp³-hybridized carbons (Fsp3) is 0.316. The molecule has 27 heavy (non-hydrogen) atoms. The van der Waals surface area contributed by atoms with Crippen LogP contribution in [-0.4, -0.2) is 31.6 Å². The average molecular weight is 364 g/mol. The van der Waals surface area contributed by atoms with E-state index < -0.39 is 11.8 Å². The number of carbonyl (C=O) groups excluding carboxylic acids is 2. The van der Waals surface area contributed by atoms with Crippen molar-refractivity contribution in [2.75, 3.05) is 0 Å². The lowest BCUT2D eigenvalue weighted by Crippen LogP contribution is -2.42. The molecule has 3 aromatic rings. The zero-order valence-corrected chi connectivity index (χ0v) is 15.1. The molecular weight excluding hydrogens is 344 g/mol. The first-order valence-corrected chi connectivity index (χ1v) is 8.94. The van der Waals surface area contributed by atoms with Gasteiger partial charge in [-0.3, -0.25) is 25.4 Å². The van der Waals surface area contributed by atoms with Crippen LogP contribution in [0.3, 0.4) is 0 Å². The van der Waals surface area contributed by atoms with E-state index in [4.69, 9.17) is 4.98 Å². The molecule has 1 aliphatic carbocycles. The molecule has 2 amide bonds. The SMILES string of the molecule is CC(C)n1ncc2c(C(=O)NNC(=O)c3ccccn3)cc(C3CC3)nc21. The second kappa shape index (κ2) is 6.79. The molecule has 0 unspecified atom stereocenters. The summed E-state index contributed by atoms with van der Waals surface area (Å²) in [5.74, 6) is -0.494. The number of amides is 2. The van der Waals surface area contributed by atoms with Crippen LogP contribution in [0.25, 0.3) is 11.0 Å². The van der Waals surface area contributed by atoms with Gasteiger partial charge in [0.25, 0.3) is 11.8 Å². The summed E-state index contributed by atoms with van der Waals surface area (Å²) >= 11 is 0. The Labute approximate surface area is 156 Å². The van der Waals surface area contributed by atoms with Gasteiger partial charge in [-0.2, -0.15) is 5.10 Å². The quantitative estimate of drug-likeness (QED) is 0.692. The van der Waals surface area contributed by atoms with Crippen LogP contribution >= 0.6 is 0 Å². The number of aromatic nitrogens is 4. The molecule has 0 bridgehead atoms. The molecule has 0 atom stereocenters. The van der Waals surface area contributed by atoms with Gasteiger partial charge in [-0.15, -0.1) is 0 Å². The van der Waals surface area contributed by atoms with Crippen molar-refractivity contribution in [2.45, 2.75) is 38.6 Å². The lowest BCUT2D eigenvalue weighted by Gasteiger charge is -2.11. The van der Waals surface area contributed by atoms with Crippen molar-refractivity contribution in [1.29, 1.82) is 0 Å². The fourth-order valence-corrected chi connectivity index (χ4v) is 2.93. The summed E-state index contributed by atoms with van der Waals surface area (Å²) in [5, 5.41) is 5.04. The summed E-state index contributed by atoms with van der Waals surface area (Å²) in [5.41, 5.74) is 7.14. The van der Waals surface area contributed by atoms with Gasteiger partial charge in [-0.1, -0.05) is 6.07 Å². The van der Waals surface area contributed by atoms with E-state index in [0.29, 0.717) is 22.5 Å². The van der Waals surface area contributed by atoms with Crippen molar-refractivity contribution in [3.63, 3.8) is 0 Å². The zero-order chi connectivity index (χ0) is 19.0. The van der Waals surface area contributed by atoms with Crippen molar-refractivity contribution >= 4 is 22.8 Å². The Bertz CT molecular complexity index is 1010. The highest BCUT2D eigenvalue weighted by atomic mass is 16.2. The highest BCUT2D eigenvalue weighted by molar-refractivity contribution is 6.06. The molecule has 1 aliphatic rings. The van der Waals surface area contributed by atoms with Crippen molar-refractivity contribution in [3.05, 3.63) is 53.6 Å². The minimum atomic E-state index is -0.477. The molecule has 0 spiro atoms. The lowest BCUT2D eigenvalue weighted by molar-refractivity contribution is 0.0845. The Balaban J connectivity index is 1.62. The van der Waals surface area contributed by atoms with Crippen LogP contribution in [0.2, 0.25) is 0 Å². The number of hydrogen-bond acceptors (Lipinski definition) is 5. The van der Waals surface area contributed by atoms with E-state index in [1.807, 2.05) is 18.5 Å². The number of rotatable bonds is 4.